The van der Waals surface area contributed by atoms with Crippen LogP contribution in [0.25, 0.3) is 11.3 Å². The molecule has 0 aliphatic rings. The minimum absolute atomic E-state index is 0.143. The molecule has 2 heterocycles. The quantitative estimate of drug-likeness (QED) is 0.222. The smallest absolute Gasteiger partial charge is 0.263 e. The first-order valence-corrected chi connectivity index (χ1v) is 12.8. The van der Waals surface area contributed by atoms with Gasteiger partial charge in [-0.05, 0) is 44.9 Å². The molecule has 2 N–H and O–H groups in total. The first-order valence-electron chi connectivity index (χ1n) is 10.6. The summed E-state index contributed by atoms with van der Waals surface area (Å²) in [7, 11) is 0. The Morgan fingerprint density at radius 1 is 1.06 bits per heavy atom. The number of halogens is 1. The highest BCUT2D eigenvalue weighted by Gasteiger charge is 2.24. The molecular weight excluding hydrogens is 506 g/mol. The zero-order chi connectivity index (χ0) is 25.1. The zero-order valence-corrected chi connectivity index (χ0v) is 21.8. The van der Waals surface area contributed by atoms with Crippen molar-refractivity contribution in [2.24, 2.45) is 0 Å². The predicted molar refractivity (Wildman–Crippen MR) is 140 cm³/mol. The Morgan fingerprint density at radius 3 is 2.49 bits per heavy atom. The average molecular weight is 528 g/mol. The van der Waals surface area contributed by atoms with Crippen LogP contribution in [0.4, 0.5) is 10.8 Å². The van der Waals surface area contributed by atoms with Crippen LogP contribution >= 0.6 is 34.7 Å². The summed E-state index contributed by atoms with van der Waals surface area (Å²) in [5.74, 6) is -0.0591. The molecule has 8 nitrogen and oxygen atoms in total. The lowest BCUT2D eigenvalue weighted by atomic mass is 10.1. The van der Waals surface area contributed by atoms with Crippen molar-refractivity contribution in [2.45, 2.75) is 32.0 Å². The van der Waals surface area contributed by atoms with E-state index in [0.29, 0.717) is 31.5 Å². The Balaban J connectivity index is 1.40. The highest BCUT2D eigenvalue weighted by Crippen LogP contribution is 2.32. The number of benzene rings is 2. The van der Waals surface area contributed by atoms with E-state index in [1.807, 2.05) is 32.9 Å². The molecule has 4 rings (SSSR count). The SMILES string of the molecule is Cc1cc(C)c(NC(=O)CSc2nnc(NC(=O)c3c(-c4ccccc4Cl)noc3C)s2)c(C)c1. The van der Waals surface area contributed by atoms with Crippen molar-refractivity contribution in [3.8, 4) is 11.3 Å². The Bertz CT molecular complexity index is 1390. The van der Waals surface area contributed by atoms with Gasteiger partial charge in [0.2, 0.25) is 11.0 Å². The van der Waals surface area contributed by atoms with Gasteiger partial charge in [-0.1, -0.05) is 75.8 Å². The van der Waals surface area contributed by atoms with E-state index < -0.39 is 5.91 Å². The van der Waals surface area contributed by atoms with Crippen LogP contribution in [0.5, 0.6) is 0 Å². The number of carbonyl (C=O) groups excluding carboxylic acids is 2. The molecule has 11 heteroatoms. The van der Waals surface area contributed by atoms with Gasteiger partial charge in [-0.2, -0.15) is 0 Å². The monoisotopic (exact) mass is 527 g/mol. The highest BCUT2D eigenvalue weighted by atomic mass is 35.5. The molecule has 0 bridgehead atoms. The van der Waals surface area contributed by atoms with Gasteiger partial charge in [0.1, 0.15) is 17.0 Å². The van der Waals surface area contributed by atoms with Gasteiger partial charge in [0.25, 0.3) is 5.91 Å². The van der Waals surface area contributed by atoms with Gasteiger partial charge < -0.3 is 9.84 Å². The van der Waals surface area contributed by atoms with Crippen LogP contribution in [0.1, 0.15) is 32.8 Å². The first-order chi connectivity index (χ1) is 16.7. The number of hydrogen-bond donors (Lipinski definition) is 2. The van der Waals surface area contributed by atoms with Gasteiger partial charge in [-0.3, -0.25) is 14.9 Å². The standard InChI is InChI=1S/C24H22ClN5O3S2/c1-12-9-13(2)20(14(3)10-12)26-18(31)11-34-24-29-28-23(35-24)27-22(32)19-15(4)33-30-21(19)16-7-5-6-8-17(16)25/h5-10H,11H2,1-4H3,(H,26,31)(H,27,28,32). The number of nitrogens with one attached hydrogen (secondary N) is 2. The van der Waals surface area contributed by atoms with Crippen LogP contribution in [0.15, 0.2) is 45.3 Å². The second-order valence-corrected chi connectivity index (χ2v) is 10.5. The lowest BCUT2D eigenvalue weighted by Crippen LogP contribution is -2.15. The van der Waals surface area contributed by atoms with E-state index in [0.717, 1.165) is 22.4 Å². The van der Waals surface area contributed by atoms with Crippen LogP contribution in [0.3, 0.4) is 0 Å². The third-order valence-electron chi connectivity index (χ3n) is 5.11. The lowest BCUT2D eigenvalue weighted by molar-refractivity contribution is -0.113. The van der Waals surface area contributed by atoms with Crippen LogP contribution in [-0.4, -0.2) is 32.9 Å². The molecule has 2 aromatic heterocycles. The molecule has 0 aliphatic carbocycles. The van der Waals surface area contributed by atoms with E-state index in [-0.39, 0.29) is 17.2 Å². The second-order valence-electron chi connectivity index (χ2n) is 7.88. The maximum atomic E-state index is 13.0. The Labute approximate surface area is 215 Å². The average Bonchev–Trinajstić information content (AvgIpc) is 3.41. The Morgan fingerprint density at radius 2 is 1.77 bits per heavy atom. The molecule has 2 amide bonds. The predicted octanol–water partition coefficient (Wildman–Crippen LogP) is 6.06. The van der Waals surface area contributed by atoms with Crippen LogP contribution < -0.4 is 10.6 Å². The van der Waals surface area contributed by atoms with Crippen molar-refractivity contribution < 1.29 is 14.1 Å². The fraction of sp³-hybridized carbons (Fsp3) is 0.208. The largest absolute Gasteiger partial charge is 0.360 e. The van der Waals surface area contributed by atoms with E-state index in [4.69, 9.17) is 16.1 Å². The number of anilines is 2. The second kappa shape index (κ2) is 10.6. The summed E-state index contributed by atoms with van der Waals surface area (Å²) in [4.78, 5) is 25.5. The molecule has 0 radical (unpaired) electrons. The van der Waals surface area contributed by atoms with Gasteiger partial charge >= 0.3 is 0 Å². The topological polar surface area (TPSA) is 110 Å². The van der Waals surface area contributed by atoms with Crippen LogP contribution in [0.2, 0.25) is 5.02 Å². The van der Waals surface area contributed by atoms with E-state index in [2.05, 4.69) is 26.0 Å². The molecule has 35 heavy (non-hydrogen) atoms. The lowest BCUT2D eigenvalue weighted by Gasteiger charge is -2.12. The van der Waals surface area contributed by atoms with Crippen molar-refractivity contribution in [3.05, 3.63) is 69.4 Å². The number of carbonyl (C=O) groups is 2. The molecule has 0 spiro atoms. The van der Waals surface area contributed by atoms with Crippen LogP contribution in [-0.2, 0) is 4.79 Å². The summed E-state index contributed by atoms with van der Waals surface area (Å²) in [5, 5.41) is 18.6. The number of aromatic nitrogens is 3. The maximum absolute atomic E-state index is 13.0. The molecule has 0 saturated carbocycles. The number of amides is 2. The Kier molecular flexibility index (Phi) is 7.54. The highest BCUT2D eigenvalue weighted by molar-refractivity contribution is 8.01. The molecule has 4 aromatic rings. The molecular formula is C24H22ClN5O3S2. The minimum Gasteiger partial charge on any atom is -0.360 e. The zero-order valence-electron chi connectivity index (χ0n) is 19.4. The van der Waals surface area contributed by atoms with E-state index in [9.17, 15) is 9.59 Å². The minimum atomic E-state index is -0.436. The number of aryl methyl sites for hydroxylation is 4. The summed E-state index contributed by atoms with van der Waals surface area (Å²) in [5.41, 5.74) is 5.22. The maximum Gasteiger partial charge on any atom is 0.263 e. The number of nitrogens with zero attached hydrogens (tertiary/aromatic N) is 3. The number of rotatable bonds is 7. The molecule has 0 unspecified atom stereocenters. The van der Waals surface area contributed by atoms with E-state index in [1.54, 1.807) is 31.2 Å². The van der Waals surface area contributed by atoms with Crippen molar-refractivity contribution >= 4 is 57.3 Å². The van der Waals surface area contributed by atoms with Gasteiger partial charge in [0, 0.05) is 11.3 Å². The molecule has 0 fully saturated rings. The molecule has 0 aliphatic heterocycles. The summed E-state index contributed by atoms with van der Waals surface area (Å²) in [6.07, 6.45) is 0. The first kappa shape index (κ1) is 24.9. The third-order valence-corrected chi connectivity index (χ3v) is 7.42. The van der Waals surface area contributed by atoms with Crippen molar-refractivity contribution in [3.63, 3.8) is 0 Å². The fourth-order valence-electron chi connectivity index (χ4n) is 3.63. The van der Waals surface area contributed by atoms with Gasteiger partial charge in [0.05, 0.1) is 10.8 Å². The van der Waals surface area contributed by atoms with Gasteiger partial charge in [0.15, 0.2) is 4.34 Å². The summed E-state index contributed by atoms with van der Waals surface area (Å²) in [6, 6.07) is 11.1. The fourth-order valence-corrected chi connectivity index (χ4v) is 5.41. The van der Waals surface area contributed by atoms with Crippen molar-refractivity contribution in [1.29, 1.82) is 0 Å². The van der Waals surface area contributed by atoms with Crippen LogP contribution in [0, 0.1) is 27.7 Å². The van der Waals surface area contributed by atoms with Crippen molar-refractivity contribution in [1.82, 2.24) is 15.4 Å². The molecule has 0 saturated heterocycles. The van der Waals surface area contributed by atoms with E-state index >= 15 is 0 Å². The van der Waals surface area contributed by atoms with E-state index in [1.165, 1.54) is 23.1 Å². The summed E-state index contributed by atoms with van der Waals surface area (Å²) < 4.78 is 5.81. The summed E-state index contributed by atoms with van der Waals surface area (Å²) in [6.45, 7) is 7.61. The third kappa shape index (κ3) is 5.72. The molecule has 180 valence electrons. The molecule has 0 atom stereocenters. The van der Waals surface area contributed by atoms with Gasteiger partial charge in [-0.15, -0.1) is 10.2 Å². The normalized spacial score (nSPS) is 10.9. The summed E-state index contributed by atoms with van der Waals surface area (Å²) >= 11 is 8.70. The molecule has 2 aromatic carbocycles. The number of hydrogen-bond acceptors (Lipinski definition) is 8. The van der Waals surface area contributed by atoms with Crippen molar-refractivity contribution in [2.75, 3.05) is 16.4 Å². The Hall–Kier alpha value is -3.21. The van der Waals surface area contributed by atoms with Gasteiger partial charge in [-0.25, -0.2) is 0 Å². The number of thioether (sulfide) groups is 1.